The lowest BCUT2D eigenvalue weighted by molar-refractivity contribution is -0.386. The van der Waals surface area contributed by atoms with Gasteiger partial charge in [-0.05, 0) is 26.0 Å². The summed E-state index contributed by atoms with van der Waals surface area (Å²) in [6.07, 6.45) is 0.521. The lowest BCUT2D eigenvalue weighted by Gasteiger charge is -2.17. The van der Waals surface area contributed by atoms with Crippen LogP contribution in [0.2, 0.25) is 0 Å². The first-order valence-electron chi connectivity index (χ1n) is 4.92. The highest BCUT2D eigenvalue weighted by Gasteiger charge is 2.19. The first-order valence-corrected chi connectivity index (χ1v) is 4.92. The highest BCUT2D eigenvalue weighted by atomic mass is 16.6. The van der Waals surface area contributed by atoms with Crippen molar-refractivity contribution in [3.63, 3.8) is 0 Å². The number of aliphatic hydroxyl groups is 1. The van der Waals surface area contributed by atoms with Crippen LogP contribution in [0.3, 0.4) is 0 Å². The average Bonchev–Trinajstić information content (AvgIpc) is 2.25. The van der Waals surface area contributed by atoms with Crippen LogP contribution in [0.1, 0.15) is 24.2 Å². The predicted octanol–water partition coefficient (Wildman–Crippen LogP) is 1.56. The van der Waals surface area contributed by atoms with Crippen LogP contribution in [0.15, 0.2) is 18.2 Å². The van der Waals surface area contributed by atoms with E-state index in [0.29, 0.717) is 6.29 Å². The average molecular weight is 239 g/mol. The topological polar surface area (TPSA) is 89.7 Å². The maximum absolute atomic E-state index is 10.8. The van der Waals surface area contributed by atoms with Gasteiger partial charge in [-0.2, -0.15) is 0 Å². The summed E-state index contributed by atoms with van der Waals surface area (Å²) in [6.45, 7) is 2.98. The van der Waals surface area contributed by atoms with Crippen LogP contribution in [0.25, 0.3) is 0 Å². The molecule has 0 heterocycles. The molecule has 92 valence electrons. The van der Waals surface area contributed by atoms with Crippen molar-refractivity contribution in [2.75, 3.05) is 6.61 Å². The Hall–Kier alpha value is -1.95. The van der Waals surface area contributed by atoms with Gasteiger partial charge in [0.2, 0.25) is 0 Å². The lowest BCUT2D eigenvalue weighted by Crippen LogP contribution is -2.28. The van der Waals surface area contributed by atoms with Gasteiger partial charge in [0, 0.05) is 11.6 Å². The summed E-state index contributed by atoms with van der Waals surface area (Å²) in [5.74, 6) is 0.0303. The van der Waals surface area contributed by atoms with E-state index >= 15 is 0 Å². The molecule has 0 aliphatic heterocycles. The van der Waals surface area contributed by atoms with Crippen LogP contribution >= 0.6 is 0 Å². The number of nitro groups is 1. The molecule has 6 nitrogen and oxygen atoms in total. The Bertz CT molecular complexity index is 436. The summed E-state index contributed by atoms with van der Waals surface area (Å²) in [5.41, 5.74) is -1.18. The van der Waals surface area contributed by atoms with E-state index in [1.807, 2.05) is 0 Å². The monoisotopic (exact) mass is 239 g/mol. The number of carbonyl (C=O) groups is 1. The van der Waals surface area contributed by atoms with Gasteiger partial charge in [0.05, 0.1) is 10.5 Å². The molecular weight excluding hydrogens is 226 g/mol. The Balaban J connectivity index is 2.98. The molecule has 1 aromatic carbocycles. The second-order valence-electron chi connectivity index (χ2n) is 4.20. The number of hydrogen-bond donors (Lipinski definition) is 1. The Morgan fingerprint density at radius 3 is 2.65 bits per heavy atom. The van der Waals surface area contributed by atoms with E-state index in [4.69, 9.17) is 4.74 Å². The van der Waals surface area contributed by atoms with E-state index in [2.05, 4.69) is 0 Å². The fourth-order valence-corrected chi connectivity index (χ4v) is 1.13. The molecule has 0 atom stereocenters. The Morgan fingerprint density at radius 1 is 1.53 bits per heavy atom. The van der Waals surface area contributed by atoms with E-state index < -0.39 is 10.5 Å². The number of hydrogen-bond acceptors (Lipinski definition) is 5. The van der Waals surface area contributed by atoms with Gasteiger partial charge in [0.1, 0.15) is 12.9 Å². The predicted molar refractivity (Wildman–Crippen MR) is 60.3 cm³/mol. The minimum Gasteiger partial charge on any atom is -0.484 e. The zero-order valence-corrected chi connectivity index (χ0v) is 9.54. The van der Waals surface area contributed by atoms with E-state index in [1.54, 1.807) is 0 Å². The number of carbonyl (C=O) groups excluding carboxylic acids is 1. The van der Waals surface area contributed by atoms with Gasteiger partial charge in [-0.1, -0.05) is 0 Å². The molecule has 0 radical (unpaired) electrons. The molecule has 1 N–H and O–H groups in total. The highest BCUT2D eigenvalue weighted by Crippen LogP contribution is 2.28. The molecule has 0 saturated carbocycles. The molecular formula is C11H13NO5. The highest BCUT2D eigenvalue weighted by molar-refractivity contribution is 5.77. The molecule has 0 amide bonds. The lowest BCUT2D eigenvalue weighted by atomic mass is 10.1. The van der Waals surface area contributed by atoms with Gasteiger partial charge < -0.3 is 9.84 Å². The third-order valence-electron chi connectivity index (χ3n) is 1.90. The van der Waals surface area contributed by atoms with Crippen LogP contribution in [-0.2, 0) is 0 Å². The van der Waals surface area contributed by atoms with Crippen LogP contribution in [0, 0.1) is 10.1 Å². The van der Waals surface area contributed by atoms with Gasteiger partial charge in [0.15, 0.2) is 5.75 Å². The van der Waals surface area contributed by atoms with Crippen molar-refractivity contribution in [1.82, 2.24) is 0 Å². The minimum absolute atomic E-state index is 0.0303. The van der Waals surface area contributed by atoms with Crippen molar-refractivity contribution in [2.24, 2.45) is 0 Å². The van der Waals surface area contributed by atoms with Gasteiger partial charge in [-0.3, -0.25) is 14.9 Å². The van der Waals surface area contributed by atoms with Crippen molar-refractivity contribution in [2.45, 2.75) is 19.4 Å². The second-order valence-corrected chi connectivity index (χ2v) is 4.20. The van der Waals surface area contributed by atoms with Gasteiger partial charge in [0.25, 0.3) is 0 Å². The molecule has 0 aliphatic carbocycles. The van der Waals surface area contributed by atoms with E-state index in [-0.39, 0.29) is 23.6 Å². The number of ether oxygens (including phenoxy) is 1. The molecule has 0 unspecified atom stereocenters. The molecule has 0 fully saturated rings. The molecule has 6 heteroatoms. The van der Waals surface area contributed by atoms with Crippen molar-refractivity contribution >= 4 is 12.0 Å². The van der Waals surface area contributed by atoms with Gasteiger partial charge in [-0.25, -0.2) is 0 Å². The normalized spacial score (nSPS) is 11.0. The zero-order valence-electron chi connectivity index (χ0n) is 9.54. The van der Waals surface area contributed by atoms with E-state index in [9.17, 15) is 20.0 Å². The van der Waals surface area contributed by atoms with E-state index in [1.165, 1.54) is 26.0 Å². The van der Waals surface area contributed by atoms with E-state index in [0.717, 1.165) is 6.07 Å². The molecule has 17 heavy (non-hydrogen) atoms. The first kappa shape index (κ1) is 13.1. The van der Waals surface area contributed by atoms with Crippen LogP contribution in [0.5, 0.6) is 5.75 Å². The van der Waals surface area contributed by atoms with Crippen LogP contribution < -0.4 is 4.74 Å². The molecule has 0 saturated heterocycles. The smallest absolute Gasteiger partial charge is 0.311 e. The summed E-state index contributed by atoms with van der Waals surface area (Å²) >= 11 is 0. The first-order chi connectivity index (χ1) is 7.83. The van der Waals surface area contributed by atoms with Crippen molar-refractivity contribution in [1.29, 1.82) is 0 Å². The third kappa shape index (κ3) is 3.84. The maximum Gasteiger partial charge on any atom is 0.311 e. The summed E-state index contributed by atoms with van der Waals surface area (Å²) < 4.78 is 5.15. The number of rotatable bonds is 5. The van der Waals surface area contributed by atoms with Gasteiger partial charge >= 0.3 is 5.69 Å². The molecule has 1 aromatic rings. The maximum atomic E-state index is 10.8. The third-order valence-corrected chi connectivity index (χ3v) is 1.90. The SMILES string of the molecule is CC(C)(O)COc1ccc(C=O)cc1[N+](=O)[O-]. The molecule has 0 spiro atoms. The summed E-state index contributed by atoms with van der Waals surface area (Å²) in [7, 11) is 0. The standard InChI is InChI=1S/C11H13NO5/c1-11(2,14)7-17-10-4-3-8(6-13)5-9(10)12(15)16/h3-6,14H,7H2,1-2H3. The number of benzene rings is 1. The summed E-state index contributed by atoms with van der Waals surface area (Å²) in [5, 5.41) is 20.2. The molecule has 0 aromatic heterocycles. The fraction of sp³-hybridized carbons (Fsp3) is 0.364. The minimum atomic E-state index is -1.09. The van der Waals surface area contributed by atoms with Crippen molar-refractivity contribution < 1.29 is 19.6 Å². The number of nitrogens with zero attached hydrogens (tertiary/aromatic N) is 1. The Kier molecular flexibility index (Phi) is 3.80. The van der Waals surface area contributed by atoms with Crippen molar-refractivity contribution in [3.05, 3.63) is 33.9 Å². The van der Waals surface area contributed by atoms with Crippen LogP contribution in [-0.4, -0.2) is 28.5 Å². The molecule has 0 aliphatic rings. The Morgan fingerprint density at radius 2 is 2.18 bits per heavy atom. The number of aldehydes is 1. The largest absolute Gasteiger partial charge is 0.484 e. The summed E-state index contributed by atoms with van der Waals surface area (Å²) in [6, 6.07) is 3.89. The second kappa shape index (κ2) is 4.92. The fourth-order valence-electron chi connectivity index (χ4n) is 1.13. The quantitative estimate of drug-likeness (QED) is 0.478. The van der Waals surface area contributed by atoms with Gasteiger partial charge in [-0.15, -0.1) is 0 Å². The zero-order chi connectivity index (χ0) is 13.1. The number of nitro benzene ring substituents is 1. The molecule has 0 bridgehead atoms. The van der Waals surface area contributed by atoms with Crippen molar-refractivity contribution in [3.8, 4) is 5.75 Å². The van der Waals surface area contributed by atoms with Crippen LogP contribution in [0.4, 0.5) is 5.69 Å². The molecule has 1 rings (SSSR count). The Labute approximate surface area is 98.0 Å². The summed E-state index contributed by atoms with van der Waals surface area (Å²) in [4.78, 5) is 20.6.